The Morgan fingerprint density at radius 2 is 2.22 bits per heavy atom. The molecule has 4 heteroatoms. The third kappa shape index (κ3) is 1.50. The van der Waals surface area contributed by atoms with E-state index in [9.17, 15) is 9.59 Å². The number of carboxylic acid groups (broad SMARTS) is 1. The first-order chi connectivity index (χ1) is 4.06. The van der Waals surface area contributed by atoms with Gasteiger partial charge in [0.15, 0.2) is 0 Å². The molecule has 0 aromatic heterocycles. The van der Waals surface area contributed by atoms with Crippen LogP contribution in [0.1, 0.15) is 6.92 Å². The second kappa shape index (κ2) is 2.59. The Balaban J connectivity index is 4.27. The third-order valence-corrected chi connectivity index (χ3v) is 1.08. The Bertz CT molecular complexity index is 131. The summed E-state index contributed by atoms with van der Waals surface area (Å²) in [5, 5.41) is 16.6. The van der Waals surface area contributed by atoms with Gasteiger partial charge in [0, 0.05) is 0 Å². The number of carbonyl (C=O) groups excluding carboxylic acids is 1. The highest BCUT2D eigenvalue weighted by molar-refractivity contribution is 5.91. The molecule has 0 amide bonds. The number of aldehydes is 1. The molecule has 52 valence electrons. The van der Waals surface area contributed by atoms with Crippen LogP contribution in [0.4, 0.5) is 0 Å². The number of aliphatic hydroxyl groups excluding tert-OH is 1. The molecule has 0 aromatic rings. The Morgan fingerprint density at radius 1 is 1.78 bits per heavy atom. The van der Waals surface area contributed by atoms with Gasteiger partial charge in [0.1, 0.15) is 11.7 Å². The molecule has 0 aliphatic carbocycles. The lowest BCUT2D eigenvalue weighted by Gasteiger charge is -2.11. The van der Waals surface area contributed by atoms with Crippen LogP contribution in [0.25, 0.3) is 0 Å². The van der Waals surface area contributed by atoms with Crippen LogP contribution in [0.5, 0.6) is 0 Å². The monoisotopic (exact) mass is 132 g/mol. The molecule has 0 aliphatic heterocycles. The molecule has 0 spiro atoms. The fraction of sp³-hybridized carbons (Fsp3) is 0.600. The predicted molar refractivity (Wildman–Crippen MR) is 28.9 cm³/mol. The first-order valence-corrected chi connectivity index (χ1v) is 2.37. The van der Waals surface area contributed by atoms with Gasteiger partial charge >= 0.3 is 5.97 Å². The lowest BCUT2D eigenvalue weighted by Crippen LogP contribution is -2.32. The van der Waals surface area contributed by atoms with Gasteiger partial charge in [0.25, 0.3) is 0 Å². The minimum atomic E-state index is -1.62. The zero-order valence-corrected chi connectivity index (χ0v) is 5.00. The lowest BCUT2D eigenvalue weighted by atomic mass is 9.95. The molecule has 1 atom stereocenters. The third-order valence-electron chi connectivity index (χ3n) is 1.08. The van der Waals surface area contributed by atoms with Gasteiger partial charge in [-0.15, -0.1) is 0 Å². The number of aliphatic carboxylic acids is 1. The van der Waals surface area contributed by atoms with Gasteiger partial charge in [-0.1, -0.05) is 0 Å². The molecule has 0 bridgehead atoms. The van der Waals surface area contributed by atoms with Gasteiger partial charge in [0.05, 0.1) is 6.61 Å². The minimum Gasteiger partial charge on any atom is -0.480 e. The molecule has 2 N–H and O–H groups in total. The maximum Gasteiger partial charge on any atom is 0.318 e. The average Bonchev–Trinajstić information content (AvgIpc) is 1.86. The molecular weight excluding hydrogens is 124 g/mol. The van der Waals surface area contributed by atoms with Crippen LogP contribution in [0.15, 0.2) is 0 Å². The summed E-state index contributed by atoms with van der Waals surface area (Å²) < 4.78 is 0. The molecule has 9 heavy (non-hydrogen) atoms. The van der Waals surface area contributed by atoms with Gasteiger partial charge in [-0.3, -0.25) is 4.79 Å². The summed E-state index contributed by atoms with van der Waals surface area (Å²) >= 11 is 0. The van der Waals surface area contributed by atoms with Gasteiger partial charge in [0.2, 0.25) is 0 Å². The van der Waals surface area contributed by atoms with Crippen LogP contribution in [-0.4, -0.2) is 29.1 Å². The fourth-order valence-electron chi connectivity index (χ4n) is 0.155. The summed E-state index contributed by atoms with van der Waals surface area (Å²) in [7, 11) is 0. The van der Waals surface area contributed by atoms with E-state index in [0.29, 0.717) is 0 Å². The molecule has 0 radical (unpaired) electrons. The van der Waals surface area contributed by atoms with Crippen molar-refractivity contribution >= 4 is 12.3 Å². The van der Waals surface area contributed by atoms with Gasteiger partial charge in [-0.05, 0) is 6.92 Å². The van der Waals surface area contributed by atoms with Crippen molar-refractivity contribution in [3.8, 4) is 0 Å². The Labute approximate surface area is 52.1 Å². The van der Waals surface area contributed by atoms with Crippen LogP contribution in [-0.2, 0) is 9.59 Å². The summed E-state index contributed by atoms with van der Waals surface area (Å²) in [6.45, 7) is 0.494. The van der Waals surface area contributed by atoms with E-state index >= 15 is 0 Å². The van der Waals surface area contributed by atoms with Crippen LogP contribution < -0.4 is 0 Å². The number of hydrogen-bond donors (Lipinski definition) is 2. The van der Waals surface area contributed by atoms with Gasteiger partial charge in [-0.25, -0.2) is 0 Å². The molecule has 0 fully saturated rings. The van der Waals surface area contributed by atoms with E-state index in [-0.39, 0.29) is 6.29 Å². The molecule has 0 saturated carbocycles. The van der Waals surface area contributed by atoms with E-state index in [4.69, 9.17) is 10.2 Å². The topological polar surface area (TPSA) is 74.6 Å². The molecule has 4 nitrogen and oxygen atoms in total. The maximum absolute atomic E-state index is 10.1. The molecule has 0 aliphatic rings. The van der Waals surface area contributed by atoms with Crippen LogP contribution >= 0.6 is 0 Å². The van der Waals surface area contributed by atoms with Crippen LogP contribution in [0.3, 0.4) is 0 Å². The quantitative estimate of drug-likeness (QED) is 0.392. The summed E-state index contributed by atoms with van der Waals surface area (Å²) in [4.78, 5) is 20.1. The first-order valence-electron chi connectivity index (χ1n) is 2.37. The van der Waals surface area contributed by atoms with Gasteiger partial charge < -0.3 is 15.0 Å². The lowest BCUT2D eigenvalue weighted by molar-refractivity contribution is -0.152. The highest BCUT2D eigenvalue weighted by Gasteiger charge is 2.31. The van der Waals surface area contributed by atoms with Crippen LogP contribution in [0.2, 0.25) is 0 Å². The molecule has 0 rings (SSSR count). The summed E-state index contributed by atoms with van der Waals surface area (Å²) in [6.07, 6.45) is 0.218. The van der Waals surface area contributed by atoms with Crippen molar-refractivity contribution in [2.45, 2.75) is 6.92 Å². The van der Waals surface area contributed by atoms with Crippen molar-refractivity contribution < 1.29 is 19.8 Å². The van der Waals surface area contributed by atoms with E-state index < -0.39 is 18.0 Å². The van der Waals surface area contributed by atoms with E-state index in [1.807, 2.05) is 0 Å². The van der Waals surface area contributed by atoms with Crippen molar-refractivity contribution in [1.82, 2.24) is 0 Å². The SMILES string of the molecule is CC(C=O)(CO)C(=O)O. The second-order valence-electron chi connectivity index (χ2n) is 2.00. The van der Waals surface area contributed by atoms with Crippen molar-refractivity contribution in [3.63, 3.8) is 0 Å². The van der Waals surface area contributed by atoms with Gasteiger partial charge in [-0.2, -0.15) is 0 Å². The zero-order chi connectivity index (χ0) is 7.49. The maximum atomic E-state index is 10.1. The zero-order valence-electron chi connectivity index (χ0n) is 5.00. The Morgan fingerprint density at radius 3 is 2.22 bits per heavy atom. The van der Waals surface area contributed by atoms with Crippen molar-refractivity contribution in [2.24, 2.45) is 5.41 Å². The number of hydrogen-bond acceptors (Lipinski definition) is 3. The summed E-state index contributed by atoms with van der Waals surface area (Å²) in [5.41, 5.74) is -1.62. The summed E-state index contributed by atoms with van der Waals surface area (Å²) in [6, 6.07) is 0. The Kier molecular flexibility index (Phi) is 2.33. The highest BCUT2D eigenvalue weighted by atomic mass is 16.4. The van der Waals surface area contributed by atoms with E-state index in [1.54, 1.807) is 0 Å². The average molecular weight is 132 g/mol. The number of aliphatic hydroxyl groups is 1. The second-order valence-corrected chi connectivity index (χ2v) is 2.00. The standard InChI is InChI=1S/C5H8O4/c1-5(2-6,3-7)4(8)9/h2,7H,3H2,1H3,(H,8,9). The number of carboxylic acids is 1. The molecular formula is C5H8O4. The molecule has 1 unspecified atom stereocenters. The molecule has 0 saturated heterocycles. The first kappa shape index (κ1) is 8.10. The fourth-order valence-corrected chi connectivity index (χ4v) is 0.155. The van der Waals surface area contributed by atoms with Crippen molar-refractivity contribution in [3.05, 3.63) is 0 Å². The highest BCUT2D eigenvalue weighted by Crippen LogP contribution is 2.10. The molecule has 0 aromatic carbocycles. The smallest absolute Gasteiger partial charge is 0.318 e. The van der Waals surface area contributed by atoms with Crippen LogP contribution in [0, 0.1) is 5.41 Å². The van der Waals surface area contributed by atoms with Crippen molar-refractivity contribution in [1.29, 1.82) is 0 Å². The predicted octanol–water partition coefficient (Wildman–Crippen LogP) is -0.732. The molecule has 0 heterocycles. The normalized spacial score (nSPS) is 16.2. The summed E-state index contributed by atoms with van der Waals surface area (Å²) in [5.74, 6) is -1.31. The van der Waals surface area contributed by atoms with E-state index in [1.165, 1.54) is 0 Å². The number of carbonyl (C=O) groups is 2. The van der Waals surface area contributed by atoms with E-state index in [0.717, 1.165) is 6.92 Å². The van der Waals surface area contributed by atoms with Crippen molar-refractivity contribution in [2.75, 3.05) is 6.61 Å². The Hall–Kier alpha value is -0.900. The minimum absolute atomic E-state index is 0.218. The number of rotatable bonds is 3. The van der Waals surface area contributed by atoms with E-state index in [2.05, 4.69) is 0 Å². The largest absolute Gasteiger partial charge is 0.480 e.